The van der Waals surface area contributed by atoms with Gasteiger partial charge < -0.3 is 15.7 Å². The summed E-state index contributed by atoms with van der Waals surface area (Å²) < 4.78 is 7.81. The van der Waals surface area contributed by atoms with Gasteiger partial charge >= 0.3 is 0 Å². The molecule has 19 heavy (non-hydrogen) atoms. The molecule has 5 nitrogen and oxygen atoms in total. The number of rotatable bonds is 3. The monoisotopic (exact) mass is 293 g/mol. The number of thiazole rings is 1. The summed E-state index contributed by atoms with van der Waals surface area (Å²) in [5.74, 6) is 0.781. The third kappa shape index (κ3) is 2.11. The number of aryl methyl sites for hydroxylation is 1. The number of nitrogens with zero attached hydrogens (tertiary/aromatic N) is 2. The molecule has 0 aliphatic heterocycles. The first-order valence-corrected chi connectivity index (χ1v) is 7.25. The predicted molar refractivity (Wildman–Crippen MR) is 78.6 cm³/mol. The molecule has 1 aromatic carbocycles. The molecule has 98 valence electrons. The second-order valence-electron chi connectivity index (χ2n) is 4.00. The highest BCUT2D eigenvalue weighted by Gasteiger charge is 2.12. The van der Waals surface area contributed by atoms with E-state index in [1.54, 1.807) is 22.7 Å². The molecule has 0 saturated carbocycles. The molecule has 3 N–H and O–H groups in total. The third-order valence-electron chi connectivity index (χ3n) is 2.67. The molecule has 0 aliphatic carbocycles. The van der Waals surface area contributed by atoms with Gasteiger partial charge in [-0.1, -0.05) is 5.16 Å². The van der Waals surface area contributed by atoms with Crippen molar-refractivity contribution in [2.75, 3.05) is 6.61 Å². The van der Waals surface area contributed by atoms with Crippen LogP contribution >= 0.6 is 22.7 Å². The molecule has 0 unspecified atom stereocenters. The fraction of sp³-hybridized carbons (Fsp3) is 0.167. The van der Waals surface area contributed by atoms with Crippen LogP contribution in [0.5, 0.6) is 5.75 Å². The minimum absolute atomic E-state index is 0.0453. The van der Waals surface area contributed by atoms with Gasteiger partial charge in [0.2, 0.25) is 0 Å². The van der Waals surface area contributed by atoms with Crippen molar-refractivity contribution < 1.29 is 9.94 Å². The van der Waals surface area contributed by atoms with Gasteiger partial charge in [-0.15, -0.1) is 22.7 Å². The van der Waals surface area contributed by atoms with Crippen LogP contribution in [0.25, 0.3) is 20.3 Å². The Morgan fingerprint density at radius 1 is 1.58 bits per heavy atom. The van der Waals surface area contributed by atoms with Crippen LogP contribution in [0.1, 0.15) is 5.01 Å². The van der Waals surface area contributed by atoms with E-state index in [1.807, 2.05) is 24.4 Å². The highest BCUT2D eigenvalue weighted by Crippen LogP contribution is 2.38. The van der Waals surface area contributed by atoms with Crippen LogP contribution in [-0.2, 0) is 0 Å². The molecule has 0 atom stereocenters. The third-order valence-corrected chi connectivity index (χ3v) is 4.51. The summed E-state index contributed by atoms with van der Waals surface area (Å²) >= 11 is 3.27. The van der Waals surface area contributed by atoms with Crippen LogP contribution in [0.2, 0.25) is 0 Å². The normalized spacial score (nSPS) is 12.4. The lowest BCUT2D eigenvalue weighted by Gasteiger charge is -2.06. The van der Waals surface area contributed by atoms with Crippen molar-refractivity contribution in [3.63, 3.8) is 0 Å². The number of oxime groups is 1. The molecule has 0 saturated heterocycles. The van der Waals surface area contributed by atoms with Crippen LogP contribution in [0.3, 0.4) is 0 Å². The fourth-order valence-corrected chi connectivity index (χ4v) is 3.72. The minimum atomic E-state index is 0.0453. The van der Waals surface area contributed by atoms with Crippen molar-refractivity contribution in [1.82, 2.24) is 4.98 Å². The summed E-state index contributed by atoms with van der Waals surface area (Å²) in [7, 11) is 0. The molecule has 3 aromatic rings. The summed E-state index contributed by atoms with van der Waals surface area (Å²) in [5.41, 5.74) is 6.44. The summed E-state index contributed by atoms with van der Waals surface area (Å²) in [6.07, 6.45) is 0. The maximum absolute atomic E-state index is 8.54. The number of ether oxygens (including phenoxy) is 1. The molecular weight excluding hydrogens is 282 g/mol. The summed E-state index contributed by atoms with van der Waals surface area (Å²) in [6.45, 7) is 2.05. The zero-order valence-corrected chi connectivity index (χ0v) is 11.7. The van der Waals surface area contributed by atoms with Crippen LogP contribution in [0, 0.1) is 6.92 Å². The SMILES string of the molecule is Cc1nc2c(cc(OC/C(N)=N/O)c3ccsc32)s1. The maximum atomic E-state index is 8.54. The molecular formula is C12H11N3O2S2. The Morgan fingerprint density at radius 2 is 2.42 bits per heavy atom. The number of benzene rings is 1. The van der Waals surface area contributed by atoms with E-state index in [0.717, 1.165) is 31.1 Å². The average Bonchev–Trinajstić information content (AvgIpc) is 3.00. The molecule has 2 aromatic heterocycles. The Balaban J connectivity index is 2.13. The Morgan fingerprint density at radius 3 is 3.21 bits per heavy atom. The van der Waals surface area contributed by atoms with Crippen LogP contribution in [-0.4, -0.2) is 22.6 Å². The lowest BCUT2D eigenvalue weighted by atomic mass is 10.2. The molecule has 3 rings (SSSR count). The highest BCUT2D eigenvalue weighted by molar-refractivity contribution is 7.21. The van der Waals surface area contributed by atoms with E-state index in [2.05, 4.69) is 10.1 Å². The number of hydrogen-bond acceptors (Lipinski definition) is 6. The number of nitrogens with two attached hydrogens (primary N) is 1. The number of amidine groups is 1. The van der Waals surface area contributed by atoms with Gasteiger partial charge in [-0.2, -0.15) is 0 Å². The first-order valence-electron chi connectivity index (χ1n) is 5.55. The molecule has 0 bridgehead atoms. The predicted octanol–water partition coefficient (Wildman–Crippen LogP) is 2.94. The highest BCUT2D eigenvalue weighted by atomic mass is 32.1. The number of thiophene rings is 1. The smallest absolute Gasteiger partial charge is 0.177 e. The van der Waals surface area contributed by atoms with Crippen molar-refractivity contribution in [1.29, 1.82) is 0 Å². The second-order valence-corrected chi connectivity index (χ2v) is 6.15. The Labute approximate surface area is 116 Å². The van der Waals surface area contributed by atoms with E-state index < -0.39 is 0 Å². The lowest BCUT2D eigenvalue weighted by molar-refractivity contribution is 0.307. The zero-order chi connectivity index (χ0) is 13.4. The van der Waals surface area contributed by atoms with Gasteiger partial charge in [0.1, 0.15) is 12.4 Å². The Hall–Kier alpha value is -1.86. The molecule has 0 fully saturated rings. The standard InChI is InChI=1S/C12H11N3O2S2/c1-6-14-11-9(19-6)4-8(17-5-10(13)15-16)7-2-3-18-12(7)11/h2-4,16H,5H2,1H3,(H2,13,15). The summed E-state index contributed by atoms with van der Waals surface area (Å²) in [4.78, 5) is 4.55. The summed E-state index contributed by atoms with van der Waals surface area (Å²) in [6, 6.07) is 3.95. The van der Waals surface area contributed by atoms with E-state index in [9.17, 15) is 0 Å². The van der Waals surface area contributed by atoms with Crippen molar-refractivity contribution in [3.8, 4) is 5.75 Å². The van der Waals surface area contributed by atoms with Gasteiger partial charge in [-0.05, 0) is 18.4 Å². The van der Waals surface area contributed by atoms with Gasteiger partial charge in [0.25, 0.3) is 0 Å². The second kappa shape index (κ2) is 4.67. The fourth-order valence-electron chi connectivity index (χ4n) is 1.89. The van der Waals surface area contributed by atoms with Crippen molar-refractivity contribution in [3.05, 3.63) is 22.5 Å². The van der Waals surface area contributed by atoms with Gasteiger partial charge in [0, 0.05) is 11.5 Å². The van der Waals surface area contributed by atoms with Crippen molar-refractivity contribution >= 4 is 48.8 Å². The van der Waals surface area contributed by atoms with E-state index >= 15 is 0 Å². The van der Waals surface area contributed by atoms with E-state index in [-0.39, 0.29) is 12.4 Å². The molecule has 7 heteroatoms. The number of aromatic nitrogens is 1. The number of fused-ring (bicyclic) bond motifs is 3. The zero-order valence-electron chi connectivity index (χ0n) is 10.1. The van der Waals surface area contributed by atoms with E-state index in [1.165, 1.54) is 0 Å². The molecule has 0 aliphatic rings. The topological polar surface area (TPSA) is 80.7 Å². The van der Waals surface area contributed by atoms with Crippen LogP contribution in [0.4, 0.5) is 0 Å². The van der Waals surface area contributed by atoms with Gasteiger partial charge in [0.15, 0.2) is 5.84 Å². The minimum Gasteiger partial charge on any atom is -0.485 e. The maximum Gasteiger partial charge on any atom is 0.177 e. The Kier molecular flexibility index (Phi) is 3.00. The van der Waals surface area contributed by atoms with Crippen molar-refractivity contribution in [2.24, 2.45) is 10.9 Å². The first kappa shape index (κ1) is 12.2. The lowest BCUT2D eigenvalue weighted by Crippen LogP contribution is -2.20. The molecule has 0 amide bonds. The molecule has 2 heterocycles. The largest absolute Gasteiger partial charge is 0.485 e. The van der Waals surface area contributed by atoms with E-state index in [0.29, 0.717) is 0 Å². The molecule has 0 radical (unpaired) electrons. The summed E-state index contributed by atoms with van der Waals surface area (Å²) in [5, 5.41) is 15.5. The molecule has 0 spiro atoms. The van der Waals surface area contributed by atoms with Gasteiger partial charge in [-0.25, -0.2) is 4.98 Å². The Bertz CT molecular complexity index is 776. The van der Waals surface area contributed by atoms with Gasteiger partial charge in [-0.3, -0.25) is 0 Å². The van der Waals surface area contributed by atoms with Crippen molar-refractivity contribution in [2.45, 2.75) is 6.92 Å². The van der Waals surface area contributed by atoms with Crippen LogP contribution < -0.4 is 10.5 Å². The number of hydrogen-bond donors (Lipinski definition) is 2. The van der Waals surface area contributed by atoms with Gasteiger partial charge in [0.05, 0.1) is 19.9 Å². The quantitative estimate of drug-likeness (QED) is 0.337. The first-order chi connectivity index (χ1) is 9.19. The van der Waals surface area contributed by atoms with E-state index in [4.69, 9.17) is 15.7 Å². The van der Waals surface area contributed by atoms with Crippen LogP contribution in [0.15, 0.2) is 22.7 Å². The average molecular weight is 293 g/mol.